The van der Waals surface area contributed by atoms with Crippen LogP contribution in [0.5, 0.6) is 0 Å². The van der Waals surface area contributed by atoms with Crippen LogP contribution in [-0.4, -0.2) is 19.1 Å². The Hall–Kier alpha value is -0.510. The summed E-state index contributed by atoms with van der Waals surface area (Å²) in [6, 6.07) is 3.43. The molecule has 0 atom stereocenters. The van der Waals surface area contributed by atoms with Crippen LogP contribution in [0.4, 0.5) is 5.69 Å². The topological polar surface area (TPSA) is 29.3 Å². The van der Waals surface area contributed by atoms with Gasteiger partial charge in [-0.3, -0.25) is 0 Å². The van der Waals surface area contributed by atoms with Gasteiger partial charge in [-0.05, 0) is 12.1 Å². The first kappa shape index (κ1) is 11.6. The largest absolute Gasteiger partial charge is 0.389 e. The Morgan fingerprint density at radius 2 is 1.71 bits per heavy atom. The molecule has 0 saturated carbocycles. The maximum Gasteiger partial charge on any atom is 0.104 e. The smallest absolute Gasteiger partial charge is 0.104 e. The SMILES string of the molecule is CN(C)c1c(Cl)cc(C(N)=S)cc1Cl. The Morgan fingerprint density at radius 3 is 2.00 bits per heavy atom. The van der Waals surface area contributed by atoms with Gasteiger partial charge in [0.25, 0.3) is 0 Å². The molecule has 0 radical (unpaired) electrons. The van der Waals surface area contributed by atoms with E-state index in [1.54, 1.807) is 12.1 Å². The Kier molecular flexibility index (Phi) is 3.59. The molecule has 0 heterocycles. The molecule has 1 aromatic rings. The number of thiocarbonyl (C=S) groups is 1. The Balaban J connectivity index is 3.32. The van der Waals surface area contributed by atoms with Crippen molar-refractivity contribution in [3.05, 3.63) is 27.7 Å². The van der Waals surface area contributed by atoms with Crippen molar-refractivity contribution in [2.45, 2.75) is 0 Å². The van der Waals surface area contributed by atoms with Crippen LogP contribution >= 0.6 is 35.4 Å². The lowest BCUT2D eigenvalue weighted by molar-refractivity contribution is 1.13. The van der Waals surface area contributed by atoms with E-state index in [0.29, 0.717) is 20.6 Å². The van der Waals surface area contributed by atoms with Crippen molar-refractivity contribution in [2.75, 3.05) is 19.0 Å². The van der Waals surface area contributed by atoms with Crippen LogP contribution in [-0.2, 0) is 0 Å². The molecule has 0 saturated heterocycles. The van der Waals surface area contributed by atoms with Crippen LogP contribution in [0.1, 0.15) is 5.56 Å². The molecule has 2 nitrogen and oxygen atoms in total. The first-order valence-electron chi connectivity index (χ1n) is 3.89. The monoisotopic (exact) mass is 248 g/mol. The zero-order valence-electron chi connectivity index (χ0n) is 7.84. The summed E-state index contributed by atoms with van der Waals surface area (Å²) < 4.78 is 0. The minimum atomic E-state index is 0.291. The summed E-state index contributed by atoms with van der Waals surface area (Å²) in [5.74, 6) is 0. The van der Waals surface area contributed by atoms with Gasteiger partial charge in [-0.2, -0.15) is 0 Å². The highest BCUT2D eigenvalue weighted by Crippen LogP contribution is 2.33. The van der Waals surface area contributed by atoms with Crippen LogP contribution in [0.25, 0.3) is 0 Å². The van der Waals surface area contributed by atoms with E-state index in [1.165, 1.54) is 0 Å². The van der Waals surface area contributed by atoms with E-state index < -0.39 is 0 Å². The van der Waals surface area contributed by atoms with Crippen LogP contribution in [0.15, 0.2) is 12.1 Å². The summed E-state index contributed by atoms with van der Waals surface area (Å²) in [7, 11) is 3.74. The lowest BCUT2D eigenvalue weighted by Crippen LogP contribution is -2.13. The first-order chi connectivity index (χ1) is 6.43. The number of nitrogens with two attached hydrogens (primary N) is 1. The van der Waals surface area contributed by atoms with Crippen LogP contribution < -0.4 is 10.6 Å². The van der Waals surface area contributed by atoms with E-state index in [-0.39, 0.29) is 0 Å². The predicted octanol–water partition coefficient (Wildman–Crippen LogP) is 2.69. The fourth-order valence-corrected chi connectivity index (χ4v) is 2.08. The second-order valence-electron chi connectivity index (χ2n) is 3.05. The standard InChI is InChI=1S/C9H10Cl2N2S/c1-13(2)8-6(10)3-5(9(12)14)4-7(8)11/h3-4H,1-2H3,(H2,12,14). The van der Waals surface area contributed by atoms with Crippen molar-refractivity contribution in [2.24, 2.45) is 5.73 Å². The molecule has 2 N–H and O–H groups in total. The molecular weight excluding hydrogens is 239 g/mol. The van der Waals surface area contributed by atoms with E-state index >= 15 is 0 Å². The zero-order chi connectivity index (χ0) is 10.9. The number of hydrogen-bond donors (Lipinski definition) is 1. The Morgan fingerprint density at radius 1 is 1.29 bits per heavy atom. The quantitative estimate of drug-likeness (QED) is 0.817. The zero-order valence-corrected chi connectivity index (χ0v) is 10.2. The summed E-state index contributed by atoms with van der Waals surface area (Å²) in [6.07, 6.45) is 0. The first-order valence-corrected chi connectivity index (χ1v) is 5.06. The molecule has 0 unspecified atom stereocenters. The lowest BCUT2D eigenvalue weighted by Gasteiger charge is -2.17. The van der Waals surface area contributed by atoms with Gasteiger partial charge >= 0.3 is 0 Å². The van der Waals surface area contributed by atoms with Crippen LogP contribution in [0, 0.1) is 0 Å². The average molecular weight is 249 g/mol. The minimum absolute atomic E-state index is 0.291. The molecule has 0 spiro atoms. The third kappa shape index (κ3) is 2.29. The third-order valence-electron chi connectivity index (χ3n) is 1.75. The molecule has 0 bridgehead atoms. The molecule has 14 heavy (non-hydrogen) atoms. The highest BCUT2D eigenvalue weighted by molar-refractivity contribution is 7.80. The lowest BCUT2D eigenvalue weighted by atomic mass is 10.2. The minimum Gasteiger partial charge on any atom is -0.389 e. The molecule has 1 aromatic carbocycles. The highest BCUT2D eigenvalue weighted by Gasteiger charge is 2.10. The van der Waals surface area contributed by atoms with E-state index in [9.17, 15) is 0 Å². The van der Waals surface area contributed by atoms with Crippen molar-refractivity contribution >= 4 is 46.1 Å². The van der Waals surface area contributed by atoms with Gasteiger partial charge in [-0.1, -0.05) is 35.4 Å². The molecule has 0 amide bonds. The number of benzene rings is 1. The van der Waals surface area contributed by atoms with Crippen molar-refractivity contribution < 1.29 is 0 Å². The Labute approximate surface area is 98.6 Å². The molecule has 5 heteroatoms. The van der Waals surface area contributed by atoms with E-state index in [0.717, 1.165) is 5.69 Å². The van der Waals surface area contributed by atoms with Gasteiger partial charge in [0.1, 0.15) is 4.99 Å². The van der Waals surface area contributed by atoms with Crippen LogP contribution in [0.2, 0.25) is 10.0 Å². The molecule has 0 fully saturated rings. The van der Waals surface area contributed by atoms with Crippen LogP contribution in [0.3, 0.4) is 0 Å². The van der Waals surface area contributed by atoms with Crippen molar-refractivity contribution in [3.63, 3.8) is 0 Å². The van der Waals surface area contributed by atoms with Gasteiger partial charge in [0.05, 0.1) is 15.7 Å². The molecule has 0 aliphatic heterocycles. The van der Waals surface area contributed by atoms with E-state index in [2.05, 4.69) is 0 Å². The Bertz CT molecular complexity index is 354. The summed E-state index contributed by atoms with van der Waals surface area (Å²) in [4.78, 5) is 2.13. The normalized spacial score (nSPS) is 10.0. The fraction of sp³-hybridized carbons (Fsp3) is 0.222. The van der Waals surface area contributed by atoms with Gasteiger partial charge in [0.15, 0.2) is 0 Å². The van der Waals surface area contributed by atoms with Crippen molar-refractivity contribution in [1.29, 1.82) is 0 Å². The average Bonchev–Trinajstić information content (AvgIpc) is 2.01. The second kappa shape index (κ2) is 4.34. The number of hydrogen-bond acceptors (Lipinski definition) is 2. The molecule has 76 valence electrons. The second-order valence-corrected chi connectivity index (χ2v) is 4.30. The number of rotatable bonds is 2. The van der Waals surface area contributed by atoms with Gasteiger partial charge < -0.3 is 10.6 Å². The summed E-state index contributed by atoms with van der Waals surface area (Å²) >= 11 is 16.9. The molecule has 0 aromatic heterocycles. The van der Waals surface area contributed by atoms with Gasteiger partial charge in [0, 0.05) is 19.7 Å². The van der Waals surface area contributed by atoms with Gasteiger partial charge in [-0.15, -0.1) is 0 Å². The molecular formula is C9H10Cl2N2S. The number of anilines is 1. The third-order valence-corrected chi connectivity index (χ3v) is 2.56. The number of nitrogens with zero attached hydrogens (tertiary/aromatic N) is 1. The molecule has 0 aliphatic carbocycles. The van der Waals surface area contributed by atoms with Crippen molar-refractivity contribution in [1.82, 2.24) is 0 Å². The van der Waals surface area contributed by atoms with E-state index in [4.69, 9.17) is 41.2 Å². The van der Waals surface area contributed by atoms with E-state index in [1.807, 2.05) is 19.0 Å². The maximum atomic E-state index is 6.03. The molecule has 0 aliphatic rings. The highest BCUT2D eigenvalue weighted by atomic mass is 35.5. The van der Waals surface area contributed by atoms with Gasteiger partial charge in [0.2, 0.25) is 0 Å². The summed E-state index contributed by atoms with van der Waals surface area (Å²) in [6.45, 7) is 0. The fourth-order valence-electron chi connectivity index (χ4n) is 1.14. The summed E-state index contributed by atoms with van der Waals surface area (Å²) in [5.41, 5.74) is 6.93. The van der Waals surface area contributed by atoms with Crippen molar-refractivity contribution in [3.8, 4) is 0 Å². The maximum absolute atomic E-state index is 6.03. The van der Waals surface area contributed by atoms with Gasteiger partial charge in [-0.25, -0.2) is 0 Å². The molecule has 1 rings (SSSR count). The number of halogens is 2. The summed E-state index contributed by atoms with van der Waals surface area (Å²) in [5, 5.41) is 1.09. The predicted molar refractivity (Wildman–Crippen MR) is 66.7 cm³/mol.